The molecule has 1 aliphatic rings. The summed E-state index contributed by atoms with van der Waals surface area (Å²) < 4.78 is 4.46. The molecule has 2 heterocycles. The van der Waals surface area contributed by atoms with Crippen LogP contribution in [0.4, 0.5) is 5.69 Å². The van der Waals surface area contributed by atoms with Crippen molar-refractivity contribution in [1.29, 1.82) is 0 Å². The van der Waals surface area contributed by atoms with Gasteiger partial charge in [-0.2, -0.15) is 5.10 Å². The Kier molecular flexibility index (Phi) is 5.82. The molecule has 3 rings (SSSR count). The first-order valence-corrected chi connectivity index (χ1v) is 8.57. The lowest BCUT2D eigenvalue weighted by Crippen LogP contribution is -2.31. The number of aromatic nitrogens is 2. The number of H-pyrrole nitrogens is 1. The lowest BCUT2D eigenvalue weighted by molar-refractivity contribution is -0.141. The Hall–Kier alpha value is -3.20. The maximum atomic E-state index is 12.5. The molecular formula is C18H21N5O4. The Morgan fingerprint density at radius 2 is 2.00 bits per heavy atom. The number of amides is 2. The monoisotopic (exact) mass is 371 g/mol. The third-order valence-electron chi connectivity index (χ3n) is 4.26. The van der Waals surface area contributed by atoms with Crippen LogP contribution in [0.25, 0.3) is 0 Å². The van der Waals surface area contributed by atoms with E-state index in [9.17, 15) is 14.4 Å². The zero-order chi connectivity index (χ0) is 19.2. The van der Waals surface area contributed by atoms with E-state index in [1.807, 2.05) is 0 Å². The van der Waals surface area contributed by atoms with Crippen LogP contribution in [0, 0.1) is 0 Å². The number of aromatic amines is 1. The van der Waals surface area contributed by atoms with Crippen LogP contribution >= 0.6 is 0 Å². The van der Waals surface area contributed by atoms with Crippen molar-refractivity contribution in [2.24, 2.45) is 0 Å². The average molecular weight is 371 g/mol. The Labute approximate surface area is 155 Å². The Balaban J connectivity index is 1.56. The van der Waals surface area contributed by atoms with Crippen molar-refractivity contribution in [3.05, 3.63) is 46.8 Å². The van der Waals surface area contributed by atoms with E-state index in [1.165, 1.54) is 7.11 Å². The maximum Gasteiger partial charge on any atom is 0.325 e. The van der Waals surface area contributed by atoms with Gasteiger partial charge in [-0.15, -0.1) is 0 Å². The van der Waals surface area contributed by atoms with E-state index in [4.69, 9.17) is 0 Å². The van der Waals surface area contributed by atoms with Crippen LogP contribution in [0.1, 0.15) is 27.3 Å². The quantitative estimate of drug-likeness (QED) is 0.535. The summed E-state index contributed by atoms with van der Waals surface area (Å²) in [7, 11) is 1.26. The van der Waals surface area contributed by atoms with Crippen LogP contribution < -0.4 is 16.0 Å². The van der Waals surface area contributed by atoms with Gasteiger partial charge in [-0.3, -0.25) is 19.5 Å². The molecule has 0 spiro atoms. The van der Waals surface area contributed by atoms with E-state index < -0.39 is 5.97 Å². The number of esters is 1. The number of methoxy groups -OCH3 is 1. The van der Waals surface area contributed by atoms with E-state index in [0.29, 0.717) is 17.9 Å². The fourth-order valence-electron chi connectivity index (χ4n) is 2.80. The number of ether oxygens (including phenoxy) is 1. The highest BCUT2D eigenvalue weighted by molar-refractivity contribution is 6.04. The number of carbonyl (C=O) groups excluding carboxylic acids is 3. The second kappa shape index (κ2) is 8.45. The highest BCUT2D eigenvalue weighted by atomic mass is 16.5. The molecule has 1 aromatic carbocycles. The van der Waals surface area contributed by atoms with Gasteiger partial charge in [0, 0.05) is 36.5 Å². The zero-order valence-corrected chi connectivity index (χ0v) is 14.9. The van der Waals surface area contributed by atoms with E-state index >= 15 is 0 Å². The van der Waals surface area contributed by atoms with Gasteiger partial charge in [0.15, 0.2) is 5.69 Å². The highest BCUT2D eigenvalue weighted by Gasteiger charge is 2.21. The molecule has 0 aliphatic carbocycles. The predicted molar refractivity (Wildman–Crippen MR) is 97.1 cm³/mol. The van der Waals surface area contributed by atoms with Gasteiger partial charge < -0.3 is 20.7 Å². The third-order valence-corrected chi connectivity index (χ3v) is 4.26. The number of anilines is 1. The Morgan fingerprint density at radius 1 is 1.22 bits per heavy atom. The van der Waals surface area contributed by atoms with Gasteiger partial charge in [-0.05, 0) is 17.7 Å². The van der Waals surface area contributed by atoms with Gasteiger partial charge in [-0.1, -0.05) is 12.1 Å². The van der Waals surface area contributed by atoms with Crippen LogP contribution in [0.5, 0.6) is 0 Å². The summed E-state index contributed by atoms with van der Waals surface area (Å²) in [5, 5.41) is 15.6. The molecule has 1 aromatic heterocycles. The summed E-state index contributed by atoms with van der Waals surface area (Å²) in [6.07, 6.45) is 0.951. The molecule has 2 amide bonds. The van der Waals surface area contributed by atoms with Gasteiger partial charge in [0.1, 0.15) is 6.54 Å². The summed E-state index contributed by atoms with van der Waals surface area (Å²) in [6, 6.07) is 6.93. The molecule has 142 valence electrons. The number of nitrogens with one attached hydrogen (secondary N) is 4. The molecule has 2 aromatic rings. The number of carbonyl (C=O) groups is 3. The molecular weight excluding hydrogens is 350 g/mol. The van der Waals surface area contributed by atoms with Gasteiger partial charge >= 0.3 is 5.97 Å². The molecule has 0 fully saturated rings. The van der Waals surface area contributed by atoms with Crippen molar-refractivity contribution < 1.29 is 19.1 Å². The van der Waals surface area contributed by atoms with E-state index in [1.54, 1.807) is 24.3 Å². The molecule has 0 saturated heterocycles. The van der Waals surface area contributed by atoms with Crippen LogP contribution in [0.15, 0.2) is 24.3 Å². The maximum absolute atomic E-state index is 12.5. The molecule has 0 bridgehead atoms. The normalized spacial score (nSPS) is 12.8. The van der Waals surface area contributed by atoms with Crippen LogP contribution in [-0.4, -0.2) is 48.2 Å². The average Bonchev–Trinajstić information content (AvgIpc) is 3.12. The Morgan fingerprint density at radius 3 is 2.74 bits per heavy atom. The van der Waals surface area contributed by atoms with E-state index in [2.05, 4.69) is 30.9 Å². The van der Waals surface area contributed by atoms with Crippen molar-refractivity contribution in [3.8, 4) is 0 Å². The van der Waals surface area contributed by atoms with Crippen molar-refractivity contribution >= 4 is 23.5 Å². The van der Waals surface area contributed by atoms with Gasteiger partial charge in [0.2, 0.25) is 5.91 Å². The summed E-state index contributed by atoms with van der Waals surface area (Å²) >= 11 is 0. The lowest BCUT2D eigenvalue weighted by atomic mass is 10.1. The number of hydrogen-bond acceptors (Lipinski definition) is 6. The van der Waals surface area contributed by atoms with Crippen LogP contribution in [-0.2, 0) is 33.7 Å². The topological polar surface area (TPSA) is 125 Å². The molecule has 0 unspecified atom stereocenters. The molecule has 0 atom stereocenters. The van der Waals surface area contributed by atoms with Crippen LogP contribution in [0.3, 0.4) is 0 Å². The van der Waals surface area contributed by atoms with Gasteiger partial charge in [0.25, 0.3) is 5.91 Å². The fraction of sp³-hybridized carbons (Fsp3) is 0.333. The summed E-state index contributed by atoms with van der Waals surface area (Å²) in [6.45, 7) is 1.32. The first-order chi connectivity index (χ1) is 13.1. The molecule has 4 N–H and O–H groups in total. The summed E-state index contributed by atoms with van der Waals surface area (Å²) in [5.41, 5.74) is 3.66. The first kappa shape index (κ1) is 18.6. The van der Waals surface area contributed by atoms with Crippen molar-refractivity contribution in [2.45, 2.75) is 19.4 Å². The first-order valence-electron chi connectivity index (χ1n) is 8.57. The standard InChI is InChI=1S/C18H21N5O4/c1-27-16(25)10-20-15(24)8-11-2-4-12(5-3-11)21-18(26)17-13-9-19-7-6-14(13)22-23-17/h2-5,19H,6-10H2,1H3,(H,20,24)(H,21,26)(H,22,23). The minimum atomic E-state index is -0.503. The molecule has 9 heteroatoms. The molecule has 1 aliphatic heterocycles. The van der Waals surface area contributed by atoms with Crippen LogP contribution in [0.2, 0.25) is 0 Å². The van der Waals surface area contributed by atoms with E-state index in [-0.39, 0.29) is 24.8 Å². The van der Waals surface area contributed by atoms with Crippen molar-refractivity contribution in [3.63, 3.8) is 0 Å². The fourth-order valence-corrected chi connectivity index (χ4v) is 2.80. The number of benzene rings is 1. The molecule has 0 saturated carbocycles. The Bertz CT molecular complexity index is 844. The smallest absolute Gasteiger partial charge is 0.325 e. The second-order valence-electron chi connectivity index (χ2n) is 6.14. The molecule has 9 nitrogen and oxygen atoms in total. The highest BCUT2D eigenvalue weighted by Crippen LogP contribution is 2.17. The summed E-state index contributed by atoms with van der Waals surface area (Å²) in [4.78, 5) is 35.3. The number of rotatable bonds is 6. The minimum absolute atomic E-state index is 0.129. The van der Waals surface area contributed by atoms with Crippen molar-refractivity contribution in [1.82, 2.24) is 20.8 Å². The number of fused-ring (bicyclic) bond motifs is 1. The van der Waals surface area contributed by atoms with E-state index in [0.717, 1.165) is 29.8 Å². The largest absolute Gasteiger partial charge is 0.468 e. The van der Waals surface area contributed by atoms with Gasteiger partial charge in [0.05, 0.1) is 13.5 Å². The van der Waals surface area contributed by atoms with Gasteiger partial charge in [-0.25, -0.2) is 0 Å². The molecule has 27 heavy (non-hydrogen) atoms. The minimum Gasteiger partial charge on any atom is -0.468 e. The second-order valence-corrected chi connectivity index (χ2v) is 6.14. The molecule has 0 radical (unpaired) electrons. The zero-order valence-electron chi connectivity index (χ0n) is 14.9. The third kappa shape index (κ3) is 4.70. The van der Waals surface area contributed by atoms with Crippen molar-refractivity contribution in [2.75, 3.05) is 25.5 Å². The predicted octanol–water partition coefficient (Wildman–Crippen LogP) is 0.139. The summed E-state index contributed by atoms with van der Waals surface area (Å²) in [5.74, 6) is -1.07. The SMILES string of the molecule is COC(=O)CNC(=O)Cc1ccc(NC(=O)c2n[nH]c3c2CNCC3)cc1. The number of nitrogens with zero attached hydrogens (tertiary/aromatic N) is 1. The lowest BCUT2D eigenvalue weighted by Gasteiger charge is -2.13. The number of hydrogen-bond donors (Lipinski definition) is 4.